The standard InChI is InChI=1S/C21H39N5O7/c1-11(2)9-13(23)18(29)26-17(12(3)4)20(31)25-15(10-16(27)28)19(30)24-14(21(32)33)7-5-6-8-22/h11-15,17H,5-10,22-23H2,1-4H3,(H,24,30)(H,25,31)(H,26,29)(H,27,28)(H,32,33). The number of nitrogens with one attached hydrogen (secondary N) is 3. The average Bonchev–Trinajstić information content (AvgIpc) is 2.69. The zero-order valence-electron chi connectivity index (χ0n) is 19.8. The van der Waals surface area contributed by atoms with E-state index in [1.807, 2.05) is 13.8 Å². The molecule has 0 bridgehead atoms. The fraction of sp³-hybridized carbons (Fsp3) is 0.762. The largest absolute Gasteiger partial charge is 0.481 e. The van der Waals surface area contributed by atoms with Gasteiger partial charge in [0, 0.05) is 0 Å². The van der Waals surface area contributed by atoms with Crippen LogP contribution in [0.1, 0.15) is 59.8 Å². The molecule has 0 rings (SSSR count). The van der Waals surface area contributed by atoms with E-state index in [9.17, 15) is 29.1 Å². The van der Waals surface area contributed by atoms with Gasteiger partial charge in [0.2, 0.25) is 17.7 Å². The number of carbonyl (C=O) groups excluding carboxylic acids is 3. The number of amides is 3. The van der Waals surface area contributed by atoms with Crippen molar-refractivity contribution < 1.29 is 34.2 Å². The minimum absolute atomic E-state index is 0.102. The third-order valence-corrected chi connectivity index (χ3v) is 4.88. The third kappa shape index (κ3) is 12.2. The fourth-order valence-corrected chi connectivity index (χ4v) is 3.08. The minimum Gasteiger partial charge on any atom is -0.481 e. The molecule has 0 fully saturated rings. The van der Waals surface area contributed by atoms with Crippen molar-refractivity contribution in [1.82, 2.24) is 16.0 Å². The van der Waals surface area contributed by atoms with Crippen LogP contribution in [0.2, 0.25) is 0 Å². The zero-order chi connectivity index (χ0) is 25.7. The third-order valence-electron chi connectivity index (χ3n) is 4.88. The van der Waals surface area contributed by atoms with Gasteiger partial charge in [0.1, 0.15) is 18.1 Å². The molecule has 0 aromatic rings. The molecule has 190 valence electrons. The SMILES string of the molecule is CC(C)CC(N)C(=O)NC(C(=O)NC(CC(=O)O)C(=O)NC(CCCCN)C(=O)O)C(C)C. The van der Waals surface area contributed by atoms with Crippen LogP contribution in [0.5, 0.6) is 0 Å². The maximum Gasteiger partial charge on any atom is 0.326 e. The van der Waals surface area contributed by atoms with Crippen LogP contribution in [0.25, 0.3) is 0 Å². The highest BCUT2D eigenvalue weighted by atomic mass is 16.4. The van der Waals surface area contributed by atoms with Gasteiger partial charge in [-0.3, -0.25) is 19.2 Å². The number of hydrogen-bond acceptors (Lipinski definition) is 7. The molecule has 33 heavy (non-hydrogen) atoms. The van der Waals surface area contributed by atoms with Gasteiger partial charge in [-0.05, 0) is 44.1 Å². The van der Waals surface area contributed by atoms with Gasteiger partial charge in [-0.1, -0.05) is 27.7 Å². The predicted molar refractivity (Wildman–Crippen MR) is 121 cm³/mol. The van der Waals surface area contributed by atoms with Gasteiger partial charge in [-0.2, -0.15) is 0 Å². The van der Waals surface area contributed by atoms with Crippen molar-refractivity contribution in [3.63, 3.8) is 0 Å². The first kappa shape index (κ1) is 30.3. The summed E-state index contributed by atoms with van der Waals surface area (Å²) < 4.78 is 0. The molecule has 0 heterocycles. The normalized spacial score (nSPS) is 14.8. The molecule has 0 spiro atoms. The smallest absolute Gasteiger partial charge is 0.326 e. The van der Waals surface area contributed by atoms with Gasteiger partial charge in [-0.25, -0.2) is 4.79 Å². The van der Waals surface area contributed by atoms with E-state index in [2.05, 4.69) is 16.0 Å². The molecule has 0 saturated carbocycles. The number of rotatable bonds is 16. The summed E-state index contributed by atoms with van der Waals surface area (Å²) in [5, 5.41) is 25.6. The molecule has 4 atom stereocenters. The van der Waals surface area contributed by atoms with Crippen LogP contribution < -0.4 is 27.4 Å². The lowest BCUT2D eigenvalue weighted by atomic mass is 10.00. The number of carboxylic acids is 2. The highest BCUT2D eigenvalue weighted by molar-refractivity contribution is 5.95. The lowest BCUT2D eigenvalue weighted by Gasteiger charge is -2.26. The van der Waals surface area contributed by atoms with Crippen molar-refractivity contribution >= 4 is 29.7 Å². The Morgan fingerprint density at radius 2 is 1.39 bits per heavy atom. The highest BCUT2D eigenvalue weighted by Gasteiger charge is 2.32. The molecule has 0 aliphatic carbocycles. The number of carboxylic acid groups (broad SMARTS) is 2. The van der Waals surface area contributed by atoms with Gasteiger partial charge in [-0.15, -0.1) is 0 Å². The number of aliphatic carboxylic acids is 2. The van der Waals surface area contributed by atoms with Gasteiger partial charge in [0.25, 0.3) is 0 Å². The molecule has 3 amide bonds. The van der Waals surface area contributed by atoms with Crippen molar-refractivity contribution in [2.75, 3.05) is 6.54 Å². The summed E-state index contributed by atoms with van der Waals surface area (Å²) in [4.78, 5) is 60.5. The molecule has 0 aromatic heterocycles. The van der Waals surface area contributed by atoms with Crippen LogP contribution in [0, 0.1) is 11.8 Å². The second-order valence-corrected chi connectivity index (χ2v) is 8.81. The second kappa shape index (κ2) is 15.2. The number of hydrogen-bond donors (Lipinski definition) is 7. The van der Waals surface area contributed by atoms with Gasteiger partial charge < -0.3 is 37.6 Å². The lowest BCUT2D eigenvalue weighted by molar-refractivity contribution is -0.144. The Kier molecular flexibility index (Phi) is 13.9. The first-order chi connectivity index (χ1) is 15.3. The Morgan fingerprint density at radius 1 is 0.818 bits per heavy atom. The molecule has 0 radical (unpaired) electrons. The molecule has 0 aromatic carbocycles. The van der Waals surface area contributed by atoms with E-state index in [-0.39, 0.29) is 12.3 Å². The maximum absolute atomic E-state index is 12.8. The Hall–Kier alpha value is -2.73. The lowest BCUT2D eigenvalue weighted by Crippen LogP contribution is -2.58. The van der Waals surface area contributed by atoms with Crippen molar-refractivity contribution in [1.29, 1.82) is 0 Å². The molecule has 12 heteroatoms. The van der Waals surface area contributed by atoms with E-state index >= 15 is 0 Å². The summed E-state index contributed by atoms with van der Waals surface area (Å²) in [6, 6.07) is -4.69. The molecule has 0 aliphatic heterocycles. The summed E-state index contributed by atoms with van der Waals surface area (Å²) in [6.45, 7) is 7.50. The fourth-order valence-electron chi connectivity index (χ4n) is 3.08. The van der Waals surface area contributed by atoms with E-state index in [4.69, 9.17) is 16.6 Å². The first-order valence-electron chi connectivity index (χ1n) is 11.1. The highest BCUT2D eigenvalue weighted by Crippen LogP contribution is 2.08. The van der Waals surface area contributed by atoms with E-state index in [0.717, 1.165) is 0 Å². The molecular weight excluding hydrogens is 434 g/mol. The topological polar surface area (TPSA) is 214 Å². The van der Waals surface area contributed by atoms with E-state index < -0.39 is 66.2 Å². The number of nitrogens with two attached hydrogens (primary N) is 2. The average molecular weight is 474 g/mol. The van der Waals surface area contributed by atoms with Crippen LogP contribution in [0.15, 0.2) is 0 Å². The molecule has 0 aliphatic rings. The van der Waals surface area contributed by atoms with E-state index in [1.165, 1.54) is 0 Å². The van der Waals surface area contributed by atoms with Crippen LogP contribution in [0.4, 0.5) is 0 Å². The molecule has 9 N–H and O–H groups in total. The van der Waals surface area contributed by atoms with Crippen molar-refractivity contribution in [3.05, 3.63) is 0 Å². The van der Waals surface area contributed by atoms with E-state index in [0.29, 0.717) is 25.8 Å². The van der Waals surface area contributed by atoms with Gasteiger partial charge >= 0.3 is 11.9 Å². The Labute approximate surface area is 194 Å². The quantitative estimate of drug-likeness (QED) is 0.139. The number of unbranched alkanes of at least 4 members (excludes halogenated alkanes) is 1. The van der Waals surface area contributed by atoms with Gasteiger partial charge in [0.15, 0.2) is 0 Å². The van der Waals surface area contributed by atoms with Crippen LogP contribution in [-0.4, -0.2) is 70.6 Å². The summed E-state index contributed by atoms with van der Waals surface area (Å²) in [7, 11) is 0. The maximum atomic E-state index is 12.8. The summed E-state index contributed by atoms with van der Waals surface area (Å²) >= 11 is 0. The monoisotopic (exact) mass is 473 g/mol. The predicted octanol–water partition coefficient (Wildman–Crippen LogP) is -0.841. The molecule has 12 nitrogen and oxygen atoms in total. The van der Waals surface area contributed by atoms with E-state index in [1.54, 1.807) is 13.8 Å². The van der Waals surface area contributed by atoms with Crippen LogP contribution >= 0.6 is 0 Å². The van der Waals surface area contributed by atoms with Gasteiger partial charge in [0.05, 0.1) is 12.5 Å². The summed E-state index contributed by atoms with van der Waals surface area (Å²) in [6.07, 6.45) is 0.747. The van der Waals surface area contributed by atoms with Crippen molar-refractivity contribution in [2.45, 2.75) is 84.0 Å². The minimum atomic E-state index is -1.53. The van der Waals surface area contributed by atoms with Crippen LogP contribution in [0.3, 0.4) is 0 Å². The molecule has 4 unspecified atom stereocenters. The van der Waals surface area contributed by atoms with Crippen molar-refractivity contribution in [2.24, 2.45) is 23.3 Å². The van der Waals surface area contributed by atoms with Crippen molar-refractivity contribution in [3.8, 4) is 0 Å². The Bertz CT molecular complexity index is 684. The molecule has 0 saturated heterocycles. The summed E-state index contributed by atoms with van der Waals surface area (Å²) in [5.41, 5.74) is 11.3. The molecular formula is C21H39N5O7. The first-order valence-corrected chi connectivity index (χ1v) is 11.1. The van der Waals surface area contributed by atoms with Crippen LogP contribution in [-0.2, 0) is 24.0 Å². The Balaban J connectivity index is 5.39. The summed E-state index contributed by atoms with van der Waals surface area (Å²) in [5.74, 6) is -5.14. The number of carbonyl (C=O) groups is 5. The second-order valence-electron chi connectivity index (χ2n) is 8.81. The zero-order valence-corrected chi connectivity index (χ0v) is 19.8. The Morgan fingerprint density at radius 3 is 1.85 bits per heavy atom.